The molecule has 0 rings (SSSR count). The third kappa shape index (κ3) is 32.1. The van der Waals surface area contributed by atoms with Crippen molar-refractivity contribution >= 4 is 5.91 Å². The minimum atomic E-state index is -0.837. The minimum absolute atomic E-state index is 0.0695. The Balaban J connectivity index is 3.61. The fourth-order valence-electron chi connectivity index (χ4n) is 5.70. The highest BCUT2D eigenvalue weighted by Gasteiger charge is 2.17. The van der Waals surface area contributed by atoms with Crippen molar-refractivity contribution in [1.29, 1.82) is 0 Å². The highest BCUT2D eigenvalue weighted by atomic mass is 16.3. The van der Waals surface area contributed by atoms with Gasteiger partial charge in [0.25, 0.3) is 0 Å². The Hall–Kier alpha value is -1.13. The maximum atomic E-state index is 12.3. The number of aliphatic hydroxyl groups is 2. The van der Waals surface area contributed by atoms with Gasteiger partial charge in [-0.3, -0.25) is 4.79 Å². The zero-order chi connectivity index (χ0) is 31.5. The van der Waals surface area contributed by atoms with Crippen LogP contribution in [0.3, 0.4) is 0 Å². The fourth-order valence-corrected chi connectivity index (χ4v) is 5.70. The first-order valence-corrected chi connectivity index (χ1v) is 19.1. The second kappa shape index (κ2) is 35.4. The molecule has 0 aliphatic rings. The van der Waals surface area contributed by atoms with Crippen LogP contribution in [0.15, 0.2) is 24.3 Å². The first-order chi connectivity index (χ1) is 21.2. The minimum Gasteiger partial charge on any atom is -0.394 e. The van der Waals surface area contributed by atoms with Crippen molar-refractivity contribution in [2.45, 2.75) is 212 Å². The molecule has 1 amide bonds. The van der Waals surface area contributed by atoms with Crippen LogP contribution in [0.2, 0.25) is 0 Å². The molecule has 0 radical (unpaired) electrons. The monoisotopic (exact) mass is 606 g/mol. The van der Waals surface area contributed by atoms with Crippen LogP contribution in [0.4, 0.5) is 0 Å². The first-order valence-electron chi connectivity index (χ1n) is 19.1. The van der Waals surface area contributed by atoms with Gasteiger partial charge in [-0.2, -0.15) is 0 Å². The molecule has 254 valence electrons. The van der Waals surface area contributed by atoms with Gasteiger partial charge < -0.3 is 15.5 Å². The topological polar surface area (TPSA) is 69.6 Å². The highest BCUT2D eigenvalue weighted by molar-refractivity contribution is 5.76. The normalized spacial score (nSPS) is 13.3. The molecule has 0 bridgehead atoms. The van der Waals surface area contributed by atoms with Crippen molar-refractivity contribution < 1.29 is 15.0 Å². The van der Waals surface area contributed by atoms with Crippen LogP contribution in [-0.4, -0.2) is 34.9 Å². The molecular weight excluding hydrogens is 530 g/mol. The van der Waals surface area contributed by atoms with Gasteiger partial charge >= 0.3 is 0 Å². The van der Waals surface area contributed by atoms with Crippen molar-refractivity contribution in [3.8, 4) is 0 Å². The van der Waals surface area contributed by atoms with E-state index in [1.807, 2.05) is 6.08 Å². The molecule has 2 unspecified atom stereocenters. The van der Waals surface area contributed by atoms with E-state index in [9.17, 15) is 15.0 Å². The summed E-state index contributed by atoms with van der Waals surface area (Å²) in [5.41, 5.74) is 0. The van der Waals surface area contributed by atoms with E-state index in [0.717, 1.165) is 25.7 Å². The number of hydrogen-bond donors (Lipinski definition) is 3. The zero-order valence-corrected chi connectivity index (χ0v) is 29.0. The van der Waals surface area contributed by atoms with Crippen molar-refractivity contribution in [2.75, 3.05) is 6.61 Å². The second-order valence-corrected chi connectivity index (χ2v) is 13.0. The van der Waals surface area contributed by atoms with Gasteiger partial charge in [0.05, 0.1) is 18.8 Å². The number of carbonyl (C=O) groups is 1. The molecule has 0 aliphatic carbocycles. The van der Waals surface area contributed by atoms with Crippen LogP contribution < -0.4 is 5.32 Å². The number of carbonyl (C=O) groups excluding carboxylic acids is 1. The lowest BCUT2D eigenvalue weighted by atomic mass is 10.0. The summed E-state index contributed by atoms with van der Waals surface area (Å²) in [5, 5.41) is 22.9. The molecule has 4 heteroatoms. The largest absolute Gasteiger partial charge is 0.394 e. The summed E-state index contributed by atoms with van der Waals surface area (Å²) in [6, 6.07) is -0.620. The lowest BCUT2D eigenvalue weighted by Gasteiger charge is -2.20. The molecule has 4 nitrogen and oxygen atoms in total. The number of unbranched alkanes of at least 4 members (excludes halogenated alkanes) is 25. The average Bonchev–Trinajstić information content (AvgIpc) is 3.01. The summed E-state index contributed by atoms with van der Waals surface area (Å²) in [5.74, 6) is -0.0695. The summed E-state index contributed by atoms with van der Waals surface area (Å²) in [6.07, 6.45) is 44.0. The van der Waals surface area contributed by atoms with E-state index < -0.39 is 12.1 Å². The van der Waals surface area contributed by atoms with E-state index in [4.69, 9.17) is 0 Å². The number of amides is 1. The molecule has 3 N–H and O–H groups in total. The standard InChI is InChI=1S/C39H75NO3/c1-3-5-7-9-11-13-15-17-19-21-22-24-26-28-30-32-34-38(42)37(36-41)40-39(43)35-33-31-29-27-25-23-20-18-16-14-12-10-8-6-4-2/h14,16,32,34,37-38,41-42H,3-13,15,17-31,33,35-36H2,1-2H3,(H,40,43)/b16-14-,34-32+. The number of aliphatic hydroxyl groups excluding tert-OH is 2. The van der Waals surface area contributed by atoms with Crippen molar-refractivity contribution in [2.24, 2.45) is 0 Å². The second-order valence-electron chi connectivity index (χ2n) is 13.0. The molecule has 43 heavy (non-hydrogen) atoms. The third-order valence-corrected chi connectivity index (χ3v) is 8.68. The summed E-state index contributed by atoms with van der Waals surface area (Å²) >= 11 is 0. The Morgan fingerprint density at radius 1 is 0.535 bits per heavy atom. The maximum absolute atomic E-state index is 12.3. The van der Waals surface area contributed by atoms with E-state index in [1.54, 1.807) is 6.08 Å². The van der Waals surface area contributed by atoms with E-state index in [-0.39, 0.29) is 12.5 Å². The summed E-state index contributed by atoms with van der Waals surface area (Å²) in [4.78, 5) is 12.3. The Kier molecular flexibility index (Phi) is 34.4. The van der Waals surface area contributed by atoms with E-state index in [1.165, 1.54) is 154 Å². The van der Waals surface area contributed by atoms with Crippen LogP contribution in [0.1, 0.15) is 200 Å². The van der Waals surface area contributed by atoms with Crippen LogP contribution in [0.25, 0.3) is 0 Å². The maximum Gasteiger partial charge on any atom is 0.220 e. The molecule has 0 aromatic heterocycles. The first kappa shape index (κ1) is 41.9. The van der Waals surface area contributed by atoms with E-state index >= 15 is 0 Å². The predicted octanol–water partition coefficient (Wildman–Crippen LogP) is 11.3. The molecule has 0 aromatic carbocycles. The Morgan fingerprint density at radius 3 is 1.30 bits per heavy atom. The molecule has 0 spiro atoms. The predicted molar refractivity (Wildman–Crippen MR) is 189 cm³/mol. The fraction of sp³-hybridized carbons (Fsp3) is 0.872. The SMILES string of the molecule is CCCCCC/C=C\CCCCCCCCCC(=O)NC(CO)C(O)/C=C/CCCCCCCCCCCCCCCC. The number of rotatable bonds is 34. The van der Waals surface area contributed by atoms with Gasteiger partial charge in [-0.1, -0.05) is 173 Å². The van der Waals surface area contributed by atoms with Crippen LogP contribution >= 0.6 is 0 Å². The quantitative estimate of drug-likeness (QED) is 0.0505. The van der Waals surface area contributed by atoms with Crippen molar-refractivity contribution in [3.05, 3.63) is 24.3 Å². The van der Waals surface area contributed by atoms with Crippen LogP contribution in [0, 0.1) is 0 Å². The van der Waals surface area contributed by atoms with Crippen molar-refractivity contribution in [1.82, 2.24) is 5.32 Å². The summed E-state index contributed by atoms with van der Waals surface area (Å²) < 4.78 is 0. The smallest absolute Gasteiger partial charge is 0.220 e. The third-order valence-electron chi connectivity index (χ3n) is 8.68. The van der Waals surface area contributed by atoms with E-state index in [0.29, 0.717) is 6.42 Å². The lowest BCUT2D eigenvalue weighted by molar-refractivity contribution is -0.123. The van der Waals surface area contributed by atoms with Gasteiger partial charge in [0.15, 0.2) is 0 Å². The number of hydrogen-bond acceptors (Lipinski definition) is 3. The van der Waals surface area contributed by atoms with Gasteiger partial charge in [-0.15, -0.1) is 0 Å². The van der Waals surface area contributed by atoms with Gasteiger partial charge in [0, 0.05) is 6.42 Å². The number of allylic oxidation sites excluding steroid dienone is 3. The Labute approximate surface area is 269 Å². The van der Waals surface area contributed by atoms with Gasteiger partial charge in [0.1, 0.15) is 0 Å². The molecule has 2 atom stereocenters. The molecule has 0 heterocycles. The molecule has 0 saturated heterocycles. The van der Waals surface area contributed by atoms with Crippen molar-refractivity contribution in [3.63, 3.8) is 0 Å². The molecule has 0 aromatic rings. The lowest BCUT2D eigenvalue weighted by Crippen LogP contribution is -2.45. The van der Waals surface area contributed by atoms with Gasteiger partial charge in [0.2, 0.25) is 5.91 Å². The molecule has 0 fully saturated rings. The zero-order valence-electron chi connectivity index (χ0n) is 29.0. The Morgan fingerprint density at radius 2 is 0.884 bits per heavy atom. The average molecular weight is 606 g/mol. The highest BCUT2D eigenvalue weighted by Crippen LogP contribution is 2.14. The summed E-state index contributed by atoms with van der Waals surface area (Å²) in [6.45, 7) is 4.29. The Bertz CT molecular complexity index is 618. The van der Waals surface area contributed by atoms with Gasteiger partial charge in [-0.25, -0.2) is 0 Å². The van der Waals surface area contributed by atoms with E-state index in [2.05, 4.69) is 31.3 Å². The van der Waals surface area contributed by atoms with Crippen LogP contribution in [0.5, 0.6) is 0 Å². The van der Waals surface area contributed by atoms with Crippen LogP contribution in [-0.2, 0) is 4.79 Å². The summed E-state index contributed by atoms with van der Waals surface area (Å²) in [7, 11) is 0. The molecular formula is C39H75NO3. The number of nitrogens with one attached hydrogen (secondary N) is 1. The van der Waals surface area contributed by atoms with Gasteiger partial charge in [-0.05, 0) is 44.9 Å². The molecule has 0 saturated carbocycles. The molecule has 0 aliphatic heterocycles.